The van der Waals surface area contributed by atoms with Gasteiger partial charge in [-0.05, 0) is 56.7 Å². The van der Waals surface area contributed by atoms with Gasteiger partial charge in [-0.1, -0.05) is 70.1 Å². The average Bonchev–Trinajstić information content (AvgIpc) is 3.04. The standard InChI is InChI=1S/C30H34N4O6S4/c1-31-25(39)29(17-35)33(3)23(37)27(31,41-43-29)15-21-11-7-19(8-12-21)5-6-20-9-13-22(14-10-20)16-28-24(38)34(4)30(18-36,44-42-28)26(40)32(28)2/h7-14,35-36H,5-6,15-18H2,1-4H3/t27-,28?,29-,30-/m0/s1. The van der Waals surface area contributed by atoms with E-state index in [2.05, 4.69) is 24.3 Å². The number of likely N-dealkylation sites (N-methyl/N-ethyl adjacent to an activating group) is 4. The Morgan fingerprint density at radius 3 is 1.05 bits per heavy atom. The van der Waals surface area contributed by atoms with E-state index >= 15 is 0 Å². The molecule has 6 fully saturated rings. The van der Waals surface area contributed by atoms with Crippen LogP contribution in [0.25, 0.3) is 0 Å². The first-order valence-corrected chi connectivity index (χ1v) is 18.4. The van der Waals surface area contributed by atoms with E-state index in [-0.39, 0.29) is 23.6 Å². The van der Waals surface area contributed by atoms with Gasteiger partial charge in [0.1, 0.15) is 0 Å². The highest BCUT2D eigenvalue weighted by atomic mass is 33.1. The molecule has 6 aliphatic rings. The van der Waals surface area contributed by atoms with E-state index in [0.717, 1.165) is 35.1 Å². The van der Waals surface area contributed by atoms with E-state index in [0.29, 0.717) is 12.8 Å². The molecule has 2 N–H and O–H groups in total. The van der Waals surface area contributed by atoms with Crippen LogP contribution in [-0.4, -0.2) is 114 Å². The summed E-state index contributed by atoms with van der Waals surface area (Å²) in [4.78, 5) is 54.1. The van der Waals surface area contributed by atoms with E-state index in [4.69, 9.17) is 0 Å². The Balaban J connectivity index is 1.09. The molecule has 4 bridgehead atoms. The van der Waals surface area contributed by atoms with Crippen molar-refractivity contribution in [1.29, 1.82) is 0 Å². The molecule has 6 heterocycles. The van der Waals surface area contributed by atoms with Gasteiger partial charge in [-0.15, -0.1) is 0 Å². The van der Waals surface area contributed by atoms with Crippen molar-refractivity contribution in [2.45, 2.75) is 45.2 Å². The number of hydrogen-bond acceptors (Lipinski definition) is 10. The predicted octanol–water partition coefficient (Wildman–Crippen LogP) is 1.98. The van der Waals surface area contributed by atoms with Crippen molar-refractivity contribution < 1.29 is 29.4 Å². The SMILES string of the molecule is CN1C(=O)[C@]2(CO)SSC1(Cc1ccc(CCc3ccc(C[C@@]45SS[C@@](CO)(C(=O)N4C)N(C)C5=O)cc3)cc1)C(=O)N2C. The van der Waals surface area contributed by atoms with Crippen molar-refractivity contribution in [2.24, 2.45) is 0 Å². The molecule has 6 aliphatic heterocycles. The third-order valence-corrected chi connectivity index (χ3v) is 16.8. The zero-order chi connectivity index (χ0) is 31.7. The maximum atomic E-state index is 13.4. The second-order valence-corrected chi connectivity index (χ2v) is 17.1. The minimum atomic E-state index is -1.26. The smallest absolute Gasteiger partial charge is 0.263 e. The third-order valence-electron chi connectivity index (χ3n) is 9.42. The van der Waals surface area contributed by atoms with Crippen molar-refractivity contribution in [3.8, 4) is 0 Å². The molecule has 14 heteroatoms. The number of carbonyl (C=O) groups is 4. The lowest BCUT2D eigenvalue weighted by Gasteiger charge is -2.58. The molecule has 2 aromatic rings. The van der Waals surface area contributed by atoms with Gasteiger partial charge in [-0.3, -0.25) is 19.2 Å². The predicted molar refractivity (Wildman–Crippen MR) is 174 cm³/mol. The second-order valence-electron chi connectivity index (χ2n) is 11.7. The maximum Gasteiger partial charge on any atom is 0.263 e. The van der Waals surface area contributed by atoms with E-state index < -0.39 is 32.7 Å². The minimum Gasteiger partial charge on any atom is -0.392 e. The van der Waals surface area contributed by atoms with Crippen LogP contribution >= 0.6 is 43.2 Å². The van der Waals surface area contributed by atoms with Gasteiger partial charge in [0.2, 0.25) is 9.74 Å². The number of aliphatic hydroxyl groups excluding tert-OH is 2. The van der Waals surface area contributed by atoms with Gasteiger partial charge < -0.3 is 29.8 Å². The Hall–Kier alpha value is -2.36. The summed E-state index contributed by atoms with van der Waals surface area (Å²) in [7, 11) is 11.7. The van der Waals surface area contributed by atoms with Crippen molar-refractivity contribution >= 4 is 66.8 Å². The Labute approximate surface area is 272 Å². The molecular formula is C30H34N4O6S4. The summed E-state index contributed by atoms with van der Waals surface area (Å²) in [6.07, 6.45) is 2.37. The quantitative estimate of drug-likeness (QED) is 0.382. The van der Waals surface area contributed by atoms with Crippen molar-refractivity contribution in [2.75, 3.05) is 41.4 Å². The molecular weight excluding hydrogens is 641 g/mol. The minimum absolute atomic E-state index is 0.179. The van der Waals surface area contributed by atoms with E-state index in [1.165, 1.54) is 62.8 Å². The summed E-state index contributed by atoms with van der Waals surface area (Å²) in [6.45, 7) is -0.853. The molecule has 0 spiro atoms. The summed E-state index contributed by atoms with van der Waals surface area (Å²) >= 11 is 0. The average molecular weight is 675 g/mol. The number of aryl methyl sites for hydroxylation is 2. The Bertz CT molecular complexity index is 1410. The second kappa shape index (κ2) is 11.2. The van der Waals surface area contributed by atoms with Crippen LogP contribution in [-0.2, 0) is 44.9 Å². The van der Waals surface area contributed by atoms with Crippen molar-refractivity contribution in [3.05, 3.63) is 70.8 Å². The molecule has 234 valence electrons. The van der Waals surface area contributed by atoms with Gasteiger partial charge in [0.25, 0.3) is 23.6 Å². The number of rotatable bonds is 9. The van der Waals surface area contributed by atoms with Gasteiger partial charge in [0.05, 0.1) is 13.2 Å². The van der Waals surface area contributed by atoms with Crippen LogP contribution in [0.15, 0.2) is 48.5 Å². The van der Waals surface area contributed by atoms with Crippen molar-refractivity contribution in [1.82, 2.24) is 19.6 Å². The summed E-state index contributed by atoms with van der Waals surface area (Å²) in [5.74, 6) is -0.874. The number of benzene rings is 2. The van der Waals surface area contributed by atoms with Crippen LogP contribution in [0.3, 0.4) is 0 Å². The zero-order valence-electron chi connectivity index (χ0n) is 24.8. The first-order chi connectivity index (χ1) is 20.9. The number of aliphatic hydroxyl groups is 2. The van der Waals surface area contributed by atoms with Gasteiger partial charge in [0.15, 0.2) is 9.74 Å². The van der Waals surface area contributed by atoms with Crippen LogP contribution in [0.4, 0.5) is 0 Å². The summed E-state index contributed by atoms with van der Waals surface area (Å²) in [5.41, 5.74) is 4.20. The topological polar surface area (TPSA) is 122 Å². The highest BCUT2D eigenvalue weighted by Gasteiger charge is 2.68. The normalized spacial score (nSPS) is 31.5. The fourth-order valence-electron chi connectivity index (χ4n) is 6.26. The van der Waals surface area contributed by atoms with Crippen molar-refractivity contribution in [3.63, 3.8) is 0 Å². The first-order valence-electron chi connectivity index (χ1n) is 14.1. The maximum absolute atomic E-state index is 13.4. The summed E-state index contributed by atoms with van der Waals surface area (Å²) < 4.78 is 0. The van der Waals surface area contributed by atoms with E-state index in [1.54, 1.807) is 28.2 Å². The van der Waals surface area contributed by atoms with Crippen LogP contribution in [0.5, 0.6) is 0 Å². The molecule has 4 atom stereocenters. The number of hydrogen-bond donors (Lipinski definition) is 2. The number of piperazine rings is 2. The summed E-state index contributed by atoms with van der Waals surface area (Å²) in [5, 5.41) is 19.8. The fraction of sp³-hybridized carbons (Fsp3) is 0.467. The number of nitrogens with zero attached hydrogens (tertiary/aromatic N) is 4. The molecule has 0 aromatic heterocycles. The van der Waals surface area contributed by atoms with Crippen LogP contribution in [0, 0.1) is 0 Å². The molecule has 44 heavy (non-hydrogen) atoms. The van der Waals surface area contributed by atoms with Crippen LogP contribution in [0.1, 0.15) is 22.3 Å². The molecule has 2 aromatic carbocycles. The van der Waals surface area contributed by atoms with Crippen LogP contribution in [0.2, 0.25) is 0 Å². The molecule has 6 saturated heterocycles. The molecule has 0 saturated carbocycles. The third kappa shape index (κ3) is 4.35. The van der Waals surface area contributed by atoms with Gasteiger partial charge >= 0.3 is 0 Å². The lowest BCUT2D eigenvalue weighted by atomic mass is 9.95. The Morgan fingerprint density at radius 1 is 0.477 bits per heavy atom. The van der Waals surface area contributed by atoms with Gasteiger partial charge in [-0.25, -0.2) is 0 Å². The lowest BCUT2D eigenvalue weighted by Crippen LogP contribution is -2.77. The van der Waals surface area contributed by atoms with E-state index in [1.807, 2.05) is 24.3 Å². The lowest BCUT2D eigenvalue weighted by molar-refractivity contribution is -0.165. The first kappa shape index (κ1) is 31.6. The molecule has 0 aliphatic carbocycles. The molecule has 1 unspecified atom stereocenters. The van der Waals surface area contributed by atoms with Gasteiger partial charge in [-0.2, -0.15) is 0 Å². The zero-order valence-corrected chi connectivity index (χ0v) is 28.1. The highest BCUT2D eigenvalue weighted by Crippen LogP contribution is 2.60. The van der Waals surface area contributed by atoms with E-state index in [9.17, 15) is 29.4 Å². The number of fused-ring (bicyclic) bond motifs is 6. The molecule has 8 rings (SSSR count). The number of amides is 4. The Kier molecular flexibility index (Phi) is 8.02. The van der Waals surface area contributed by atoms with Gasteiger partial charge in [0, 0.05) is 41.0 Å². The molecule has 0 radical (unpaired) electrons. The molecule has 10 nitrogen and oxygen atoms in total. The largest absolute Gasteiger partial charge is 0.392 e. The molecule has 4 amide bonds. The summed E-state index contributed by atoms with van der Waals surface area (Å²) in [6, 6.07) is 16.2. The highest BCUT2D eigenvalue weighted by molar-refractivity contribution is 8.78. The van der Waals surface area contributed by atoms with Crippen LogP contribution < -0.4 is 0 Å². The monoisotopic (exact) mass is 674 g/mol. The number of carbonyl (C=O) groups excluding carboxylic acids is 4. The fourth-order valence-corrected chi connectivity index (χ4v) is 13.5. The Morgan fingerprint density at radius 2 is 0.727 bits per heavy atom.